The van der Waals surface area contributed by atoms with Crippen LogP contribution in [0.4, 0.5) is 8.78 Å². The maximum Gasteiger partial charge on any atom is 0.387 e. The van der Waals surface area contributed by atoms with Gasteiger partial charge >= 0.3 is 6.61 Å². The molecule has 0 saturated carbocycles. The van der Waals surface area contributed by atoms with Gasteiger partial charge in [-0.2, -0.15) is 8.78 Å². The van der Waals surface area contributed by atoms with E-state index in [0.717, 1.165) is 25.1 Å². The van der Waals surface area contributed by atoms with E-state index in [9.17, 15) is 8.78 Å². The molecule has 0 aliphatic rings. The van der Waals surface area contributed by atoms with Gasteiger partial charge in [0.15, 0.2) is 5.96 Å². The lowest BCUT2D eigenvalue weighted by Gasteiger charge is -2.11. The molecule has 0 bridgehead atoms. The molecule has 0 atom stereocenters. The third kappa shape index (κ3) is 8.46. The van der Waals surface area contributed by atoms with Crippen molar-refractivity contribution >= 4 is 29.9 Å². The minimum Gasteiger partial charge on any atom is -0.435 e. The third-order valence-corrected chi connectivity index (χ3v) is 3.44. The molecule has 0 aliphatic heterocycles. The van der Waals surface area contributed by atoms with E-state index in [1.54, 1.807) is 12.1 Å². The molecular weight excluding hydrogens is 451 g/mol. The predicted octanol–water partition coefficient (Wildman–Crippen LogP) is 4.20. The maximum atomic E-state index is 12.3. The van der Waals surface area contributed by atoms with Crippen LogP contribution in [0.3, 0.4) is 0 Å². The van der Waals surface area contributed by atoms with Crippen LogP contribution >= 0.6 is 24.0 Å². The van der Waals surface area contributed by atoms with E-state index < -0.39 is 6.61 Å². The van der Waals surface area contributed by atoms with Gasteiger partial charge in [-0.15, -0.1) is 24.0 Å². The smallest absolute Gasteiger partial charge is 0.387 e. The first-order valence-corrected chi connectivity index (χ1v) is 8.27. The van der Waals surface area contributed by atoms with Crippen LogP contribution < -0.4 is 15.4 Å². The normalized spacial score (nSPS) is 11.0. The average Bonchev–Trinajstić information content (AvgIpc) is 2.60. The topological polar surface area (TPSA) is 45.7 Å². The summed E-state index contributed by atoms with van der Waals surface area (Å²) in [4.78, 5) is 4.49. The lowest BCUT2D eigenvalue weighted by atomic mass is 10.1. The predicted molar refractivity (Wildman–Crippen MR) is 111 cm³/mol. The number of halogens is 3. The van der Waals surface area contributed by atoms with Gasteiger partial charge in [0, 0.05) is 13.1 Å². The molecule has 2 rings (SSSR count). The zero-order valence-electron chi connectivity index (χ0n) is 14.6. The molecule has 0 aliphatic carbocycles. The summed E-state index contributed by atoms with van der Waals surface area (Å²) in [7, 11) is 0. The highest BCUT2D eigenvalue weighted by Gasteiger charge is 2.05. The van der Waals surface area contributed by atoms with Gasteiger partial charge < -0.3 is 15.4 Å². The van der Waals surface area contributed by atoms with Gasteiger partial charge in [-0.05, 0) is 36.6 Å². The minimum atomic E-state index is -2.82. The summed E-state index contributed by atoms with van der Waals surface area (Å²) < 4.78 is 29.0. The molecule has 0 radical (unpaired) electrons. The van der Waals surface area contributed by atoms with Gasteiger partial charge in [0.05, 0.1) is 6.54 Å². The number of hydrogen-bond acceptors (Lipinski definition) is 2. The SMILES string of the molecule is CCNC(=NCc1cccc(OC(F)F)c1)NCCc1ccccc1.I. The third-order valence-electron chi connectivity index (χ3n) is 3.44. The number of benzene rings is 2. The molecule has 0 fully saturated rings. The quantitative estimate of drug-likeness (QED) is 0.342. The van der Waals surface area contributed by atoms with E-state index in [0.29, 0.717) is 12.5 Å². The van der Waals surface area contributed by atoms with E-state index in [2.05, 4.69) is 32.5 Å². The Hall–Kier alpha value is -1.90. The Morgan fingerprint density at radius 1 is 1.04 bits per heavy atom. The van der Waals surface area contributed by atoms with E-state index in [-0.39, 0.29) is 29.7 Å². The Balaban J connectivity index is 0.00000338. The second-order valence-corrected chi connectivity index (χ2v) is 5.38. The maximum absolute atomic E-state index is 12.3. The summed E-state index contributed by atoms with van der Waals surface area (Å²) in [5.41, 5.74) is 2.06. The number of nitrogens with zero attached hydrogens (tertiary/aromatic N) is 1. The highest BCUT2D eigenvalue weighted by Crippen LogP contribution is 2.16. The number of rotatable bonds is 8. The molecule has 0 saturated heterocycles. The summed E-state index contributed by atoms with van der Waals surface area (Å²) in [5.74, 6) is 0.836. The molecule has 2 aromatic carbocycles. The molecule has 7 heteroatoms. The van der Waals surface area contributed by atoms with Crippen molar-refractivity contribution in [3.05, 3.63) is 65.7 Å². The monoisotopic (exact) mass is 475 g/mol. The van der Waals surface area contributed by atoms with Crippen molar-refractivity contribution in [2.75, 3.05) is 13.1 Å². The fourth-order valence-corrected chi connectivity index (χ4v) is 2.30. The van der Waals surface area contributed by atoms with Crippen LogP contribution in [0.2, 0.25) is 0 Å². The van der Waals surface area contributed by atoms with Crippen LogP contribution in [0.1, 0.15) is 18.1 Å². The van der Waals surface area contributed by atoms with Gasteiger partial charge in [0.2, 0.25) is 0 Å². The zero-order chi connectivity index (χ0) is 17.9. The molecule has 0 spiro atoms. The van der Waals surface area contributed by atoms with Crippen LogP contribution in [-0.2, 0) is 13.0 Å². The van der Waals surface area contributed by atoms with E-state index in [1.165, 1.54) is 11.6 Å². The number of nitrogens with one attached hydrogen (secondary N) is 2. The van der Waals surface area contributed by atoms with Crippen LogP contribution in [0.5, 0.6) is 5.75 Å². The van der Waals surface area contributed by atoms with Crippen molar-refractivity contribution in [1.29, 1.82) is 0 Å². The molecule has 2 N–H and O–H groups in total. The number of alkyl halides is 2. The summed E-state index contributed by atoms with van der Waals surface area (Å²) in [6.45, 7) is 1.04. The first-order valence-electron chi connectivity index (χ1n) is 8.27. The van der Waals surface area contributed by atoms with Crippen molar-refractivity contribution < 1.29 is 13.5 Å². The number of aliphatic imine (C=N–C) groups is 1. The highest BCUT2D eigenvalue weighted by atomic mass is 127. The molecular formula is C19H24F2IN3O. The number of guanidine groups is 1. The fourth-order valence-electron chi connectivity index (χ4n) is 2.30. The number of ether oxygens (including phenoxy) is 1. The van der Waals surface area contributed by atoms with E-state index >= 15 is 0 Å². The largest absolute Gasteiger partial charge is 0.435 e. The van der Waals surface area contributed by atoms with Crippen LogP contribution in [0.15, 0.2) is 59.6 Å². The van der Waals surface area contributed by atoms with Gasteiger partial charge in [-0.3, -0.25) is 0 Å². The Labute approximate surface area is 170 Å². The van der Waals surface area contributed by atoms with Crippen molar-refractivity contribution in [1.82, 2.24) is 10.6 Å². The fraction of sp³-hybridized carbons (Fsp3) is 0.316. The molecule has 0 amide bonds. The second kappa shape index (κ2) is 12.5. The summed E-state index contributed by atoms with van der Waals surface area (Å²) in [5, 5.41) is 6.45. The standard InChI is InChI=1S/C19H23F2N3O.HI/c1-2-22-19(23-12-11-15-7-4-3-5-8-15)24-14-16-9-6-10-17(13-16)25-18(20)21;/h3-10,13,18H,2,11-12,14H2,1H3,(H2,22,23,24);1H. The minimum absolute atomic E-state index is 0. The first kappa shape index (κ1) is 22.1. The summed E-state index contributed by atoms with van der Waals surface area (Å²) >= 11 is 0. The van der Waals surface area contributed by atoms with Crippen molar-refractivity contribution in [3.8, 4) is 5.75 Å². The molecule has 0 aromatic heterocycles. The van der Waals surface area contributed by atoms with Gasteiger partial charge in [0.25, 0.3) is 0 Å². The van der Waals surface area contributed by atoms with Crippen molar-refractivity contribution in [2.45, 2.75) is 26.5 Å². The molecule has 4 nitrogen and oxygen atoms in total. The molecule has 0 heterocycles. The Morgan fingerprint density at radius 3 is 2.46 bits per heavy atom. The van der Waals surface area contributed by atoms with Crippen LogP contribution in [-0.4, -0.2) is 25.7 Å². The summed E-state index contributed by atoms with van der Waals surface area (Å²) in [6, 6.07) is 16.8. The van der Waals surface area contributed by atoms with Crippen molar-refractivity contribution in [3.63, 3.8) is 0 Å². The second-order valence-electron chi connectivity index (χ2n) is 5.38. The molecule has 0 unspecified atom stereocenters. The Bertz CT molecular complexity index is 669. The lowest BCUT2D eigenvalue weighted by molar-refractivity contribution is -0.0498. The molecule has 26 heavy (non-hydrogen) atoms. The molecule has 2 aromatic rings. The highest BCUT2D eigenvalue weighted by molar-refractivity contribution is 14.0. The number of hydrogen-bond donors (Lipinski definition) is 2. The van der Waals surface area contributed by atoms with Crippen LogP contribution in [0, 0.1) is 0 Å². The molecule has 142 valence electrons. The average molecular weight is 475 g/mol. The van der Waals surface area contributed by atoms with E-state index in [4.69, 9.17) is 0 Å². The van der Waals surface area contributed by atoms with Gasteiger partial charge in [-0.1, -0.05) is 42.5 Å². The van der Waals surface area contributed by atoms with Gasteiger partial charge in [-0.25, -0.2) is 4.99 Å². The summed E-state index contributed by atoms with van der Waals surface area (Å²) in [6.07, 6.45) is 0.892. The Morgan fingerprint density at radius 2 is 1.77 bits per heavy atom. The zero-order valence-corrected chi connectivity index (χ0v) is 17.0. The Kier molecular flexibility index (Phi) is 10.6. The first-order chi connectivity index (χ1) is 12.2. The van der Waals surface area contributed by atoms with Crippen molar-refractivity contribution in [2.24, 2.45) is 4.99 Å². The lowest BCUT2D eigenvalue weighted by Crippen LogP contribution is -2.38. The van der Waals surface area contributed by atoms with Crippen LogP contribution in [0.25, 0.3) is 0 Å². The van der Waals surface area contributed by atoms with Gasteiger partial charge in [0.1, 0.15) is 5.75 Å². The van der Waals surface area contributed by atoms with E-state index in [1.807, 2.05) is 31.2 Å².